The van der Waals surface area contributed by atoms with Crippen molar-refractivity contribution in [2.24, 2.45) is 0 Å². The fraction of sp³-hybridized carbons (Fsp3) is 0.533. The van der Waals surface area contributed by atoms with Crippen LogP contribution in [0, 0.1) is 0 Å². The molecule has 0 aliphatic carbocycles. The first-order chi connectivity index (χ1) is 9.69. The number of carbonyl (C=O) groups is 1. The van der Waals surface area contributed by atoms with Gasteiger partial charge in [0.25, 0.3) is 0 Å². The Labute approximate surface area is 120 Å². The Hall–Kier alpha value is -1.59. The van der Waals surface area contributed by atoms with E-state index >= 15 is 0 Å². The molecule has 0 saturated carbocycles. The fourth-order valence-electron chi connectivity index (χ4n) is 1.89. The minimum absolute atomic E-state index is 0.0112. The molecule has 0 fully saturated rings. The molecule has 1 atom stereocenters. The van der Waals surface area contributed by atoms with Gasteiger partial charge in [-0.2, -0.15) is 0 Å². The van der Waals surface area contributed by atoms with Crippen molar-refractivity contribution in [3.63, 3.8) is 0 Å². The third kappa shape index (κ3) is 5.59. The summed E-state index contributed by atoms with van der Waals surface area (Å²) in [7, 11) is 3.30. The Balaban J connectivity index is 2.35. The van der Waals surface area contributed by atoms with Crippen molar-refractivity contribution >= 4 is 5.91 Å². The van der Waals surface area contributed by atoms with Gasteiger partial charge >= 0.3 is 0 Å². The normalized spacial score (nSPS) is 11.9. The van der Waals surface area contributed by atoms with Gasteiger partial charge in [0, 0.05) is 31.9 Å². The van der Waals surface area contributed by atoms with Gasteiger partial charge in [0.05, 0.1) is 13.7 Å². The van der Waals surface area contributed by atoms with Crippen molar-refractivity contribution in [3.05, 3.63) is 29.8 Å². The number of benzene rings is 1. The summed E-state index contributed by atoms with van der Waals surface area (Å²) in [4.78, 5) is 11.7. The monoisotopic (exact) mass is 280 g/mol. The number of methoxy groups -OCH3 is 2. The van der Waals surface area contributed by atoms with Crippen LogP contribution in [0.1, 0.15) is 24.9 Å². The Morgan fingerprint density at radius 3 is 2.75 bits per heavy atom. The Morgan fingerprint density at radius 2 is 2.05 bits per heavy atom. The maximum absolute atomic E-state index is 11.7. The highest BCUT2D eigenvalue weighted by atomic mass is 16.5. The van der Waals surface area contributed by atoms with Crippen LogP contribution in [0.4, 0.5) is 0 Å². The minimum Gasteiger partial charge on any atom is -0.496 e. The van der Waals surface area contributed by atoms with E-state index < -0.39 is 0 Å². The molecule has 0 bridgehead atoms. The predicted molar refractivity (Wildman–Crippen MR) is 78.9 cm³/mol. The number of hydrogen-bond acceptors (Lipinski definition) is 4. The van der Waals surface area contributed by atoms with Crippen molar-refractivity contribution in [1.82, 2.24) is 10.6 Å². The lowest BCUT2D eigenvalue weighted by atomic mass is 10.1. The lowest BCUT2D eigenvalue weighted by molar-refractivity contribution is -0.120. The molecule has 0 unspecified atom stereocenters. The summed E-state index contributed by atoms with van der Waals surface area (Å²) < 4.78 is 10.2. The quantitative estimate of drug-likeness (QED) is 0.673. The van der Waals surface area contributed by atoms with Crippen molar-refractivity contribution in [2.45, 2.75) is 19.4 Å². The van der Waals surface area contributed by atoms with Crippen molar-refractivity contribution < 1.29 is 14.3 Å². The molecule has 112 valence electrons. The highest BCUT2D eigenvalue weighted by molar-refractivity contribution is 5.78. The molecule has 1 aromatic rings. The second-order valence-corrected chi connectivity index (χ2v) is 4.54. The fourth-order valence-corrected chi connectivity index (χ4v) is 1.89. The Bertz CT molecular complexity index is 410. The smallest absolute Gasteiger partial charge is 0.233 e. The van der Waals surface area contributed by atoms with Gasteiger partial charge in [-0.25, -0.2) is 0 Å². The topological polar surface area (TPSA) is 59.6 Å². The van der Waals surface area contributed by atoms with Gasteiger partial charge in [-0.1, -0.05) is 18.2 Å². The first-order valence-electron chi connectivity index (χ1n) is 6.81. The van der Waals surface area contributed by atoms with Gasteiger partial charge in [0.2, 0.25) is 5.91 Å². The van der Waals surface area contributed by atoms with Crippen LogP contribution in [-0.2, 0) is 9.53 Å². The van der Waals surface area contributed by atoms with Crippen LogP contribution in [0.15, 0.2) is 24.3 Å². The lowest BCUT2D eigenvalue weighted by Crippen LogP contribution is -2.35. The Morgan fingerprint density at radius 1 is 1.30 bits per heavy atom. The molecule has 20 heavy (non-hydrogen) atoms. The van der Waals surface area contributed by atoms with E-state index in [1.54, 1.807) is 14.2 Å². The summed E-state index contributed by atoms with van der Waals surface area (Å²) in [6, 6.07) is 7.85. The molecule has 0 aromatic heterocycles. The molecular weight excluding hydrogens is 256 g/mol. The van der Waals surface area contributed by atoms with Crippen LogP contribution in [0.2, 0.25) is 0 Å². The van der Waals surface area contributed by atoms with Crippen molar-refractivity contribution in [3.8, 4) is 5.75 Å². The Kier molecular flexibility index (Phi) is 7.69. The zero-order valence-electron chi connectivity index (χ0n) is 12.4. The SMILES string of the molecule is COCCCNC(=O)CN[C@H](C)c1ccccc1OC. The number of para-hydroxylation sites is 1. The van der Waals surface area contributed by atoms with E-state index in [0.717, 1.165) is 17.7 Å². The average molecular weight is 280 g/mol. The number of carbonyl (C=O) groups excluding carboxylic acids is 1. The van der Waals surface area contributed by atoms with E-state index in [0.29, 0.717) is 13.2 Å². The third-order valence-corrected chi connectivity index (χ3v) is 3.02. The van der Waals surface area contributed by atoms with Crippen molar-refractivity contribution in [2.75, 3.05) is 33.9 Å². The molecule has 0 radical (unpaired) electrons. The zero-order valence-corrected chi connectivity index (χ0v) is 12.4. The highest BCUT2D eigenvalue weighted by Crippen LogP contribution is 2.23. The number of rotatable bonds is 9. The first-order valence-corrected chi connectivity index (χ1v) is 6.81. The molecule has 2 N–H and O–H groups in total. The van der Waals surface area contributed by atoms with Crippen LogP contribution in [0.3, 0.4) is 0 Å². The summed E-state index contributed by atoms with van der Waals surface area (Å²) in [6.07, 6.45) is 0.824. The summed E-state index contributed by atoms with van der Waals surface area (Å²) >= 11 is 0. The van der Waals surface area contributed by atoms with E-state index in [-0.39, 0.29) is 18.5 Å². The van der Waals surface area contributed by atoms with Gasteiger partial charge in [0.1, 0.15) is 5.75 Å². The van der Waals surface area contributed by atoms with Gasteiger partial charge in [-0.3, -0.25) is 4.79 Å². The zero-order chi connectivity index (χ0) is 14.8. The standard InChI is InChI=1S/C15H24N2O3/c1-12(13-7-4-5-8-14(13)20-3)17-11-15(18)16-9-6-10-19-2/h4-5,7-8,12,17H,6,9-11H2,1-3H3,(H,16,18)/t12-/m1/s1. The molecule has 1 amide bonds. The molecular formula is C15H24N2O3. The van der Waals surface area contributed by atoms with Crippen LogP contribution >= 0.6 is 0 Å². The summed E-state index contributed by atoms with van der Waals surface area (Å²) in [6.45, 7) is 3.59. The highest BCUT2D eigenvalue weighted by Gasteiger charge is 2.11. The maximum Gasteiger partial charge on any atom is 0.233 e. The van der Waals surface area contributed by atoms with Gasteiger partial charge in [-0.05, 0) is 19.4 Å². The minimum atomic E-state index is -0.0112. The molecule has 1 aromatic carbocycles. The lowest BCUT2D eigenvalue weighted by Gasteiger charge is -2.17. The summed E-state index contributed by atoms with van der Waals surface area (Å²) in [5, 5.41) is 6.03. The number of ether oxygens (including phenoxy) is 2. The molecule has 1 rings (SSSR count). The van der Waals surface area contributed by atoms with E-state index in [1.807, 2.05) is 31.2 Å². The molecule has 5 heteroatoms. The average Bonchev–Trinajstić information content (AvgIpc) is 2.49. The number of nitrogens with one attached hydrogen (secondary N) is 2. The second kappa shape index (κ2) is 9.34. The van der Waals surface area contributed by atoms with Crippen LogP contribution < -0.4 is 15.4 Å². The molecule has 5 nitrogen and oxygen atoms in total. The molecule has 0 spiro atoms. The van der Waals surface area contributed by atoms with Crippen molar-refractivity contribution in [1.29, 1.82) is 0 Å². The van der Waals surface area contributed by atoms with Gasteiger partial charge in [0.15, 0.2) is 0 Å². The largest absolute Gasteiger partial charge is 0.496 e. The van der Waals surface area contributed by atoms with Crippen LogP contribution in [0.5, 0.6) is 5.75 Å². The number of amides is 1. The van der Waals surface area contributed by atoms with Crippen LogP contribution in [0.25, 0.3) is 0 Å². The van der Waals surface area contributed by atoms with E-state index in [9.17, 15) is 4.79 Å². The van der Waals surface area contributed by atoms with E-state index in [4.69, 9.17) is 9.47 Å². The predicted octanol–water partition coefficient (Wildman–Crippen LogP) is 1.50. The number of hydrogen-bond donors (Lipinski definition) is 2. The molecule has 0 saturated heterocycles. The summed E-state index contributed by atoms with van der Waals surface area (Å²) in [5.74, 6) is 0.816. The van der Waals surface area contributed by atoms with E-state index in [2.05, 4.69) is 10.6 Å². The first kappa shape index (κ1) is 16.5. The van der Waals surface area contributed by atoms with Gasteiger partial charge in [-0.15, -0.1) is 0 Å². The second-order valence-electron chi connectivity index (χ2n) is 4.54. The molecule has 0 aliphatic heterocycles. The van der Waals surface area contributed by atoms with Crippen LogP contribution in [-0.4, -0.2) is 39.8 Å². The van der Waals surface area contributed by atoms with Gasteiger partial charge < -0.3 is 20.1 Å². The maximum atomic E-state index is 11.7. The third-order valence-electron chi connectivity index (χ3n) is 3.02. The molecule has 0 aliphatic rings. The summed E-state index contributed by atoms with van der Waals surface area (Å²) in [5.41, 5.74) is 1.04. The molecule has 0 heterocycles. The van der Waals surface area contributed by atoms with E-state index in [1.165, 1.54) is 0 Å².